The highest BCUT2D eigenvalue weighted by atomic mass is 127. The Balaban J connectivity index is 1.77. The summed E-state index contributed by atoms with van der Waals surface area (Å²) in [6.07, 6.45) is 5.23. The van der Waals surface area contributed by atoms with Crippen LogP contribution in [0, 0.1) is 5.92 Å². The largest absolute Gasteiger partial charge is 0.444 e. The number of amides is 1. The van der Waals surface area contributed by atoms with Crippen molar-refractivity contribution in [3.05, 3.63) is 0 Å². The first-order chi connectivity index (χ1) is 9.35. The second-order valence-electron chi connectivity index (χ2n) is 6.92. The quantitative estimate of drug-likeness (QED) is 0.541. The fourth-order valence-corrected chi connectivity index (χ4v) is 3.71. The van der Waals surface area contributed by atoms with Gasteiger partial charge in [-0.2, -0.15) is 0 Å². The molecule has 116 valence electrons. The van der Waals surface area contributed by atoms with Gasteiger partial charge < -0.3 is 14.4 Å². The van der Waals surface area contributed by atoms with Gasteiger partial charge in [-0.1, -0.05) is 35.4 Å². The molecule has 0 radical (unpaired) electrons. The molecule has 0 aromatic carbocycles. The maximum Gasteiger partial charge on any atom is 0.410 e. The number of hydrogen-bond donors (Lipinski definition) is 0. The van der Waals surface area contributed by atoms with Gasteiger partial charge in [-0.05, 0) is 39.5 Å². The van der Waals surface area contributed by atoms with Gasteiger partial charge >= 0.3 is 6.09 Å². The van der Waals surface area contributed by atoms with Crippen molar-refractivity contribution in [1.82, 2.24) is 4.90 Å². The fourth-order valence-electron chi connectivity index (χ4n) is 2.80. The fraction of sp³-hybridized carbons (Fsp3) is 0.933. The van der Waals surface area contributed by atoms with Crippen LogP contribution in [0.2, 0.25) is 0 Å². The Morgan fingerprint density at radius 1 is 1.25 bits per heavy atom. The molecular weight excluding hydrogens is 369 g/mol. The van der Waals surface area contributed by atoms with Gasteiger partial charge in [-0.25, -0.2) is 4.79 Å². The SMILES string of the molecule is CC(C)(C)OC(=O)N1CC(I)C(OCC2CCCC2)C1. The van der Waals surface area contributed by atoms with E-state index in [-0.39, 0.29) is 12.2 Å². The van der Waals surface area contributed by atoms with Crippen molar-refractivity contribution in [2.75, 3.05) is 19.7 Å². The first-order valence-electron chi connectivity index (χ1n) is 7.59. The van der Waals surface area contributed by atoms with Crippen LogP contribution < -0.4 is 0 Å². The number of ether oxygens (including phenoxy) is 2. The molecular formula is C15H26INO3. The van der Waals surface area contributed by atoms with E-state index in [1.54, 1.807) is 4.90 Å². The van der Waals surface area contributed by atoms with E-state index in [4.69, 9.17) is 9.47 Å². The molecule has 1 aliphatic carbocycles. The van der Waals surface area contributed by atoms with E-state index in [0.717, 1.165) is 19.1 Å². The summed E-state index contributed by atoms with van der Waals surface area (Å²) in [5, 5.41) is 0. The highest BCUT2D eigenvalue weighted by Gasteiger charge is 2.36. The molecule has 2 fully saturated rings. The predicted molar refractivity (Wildman–Crippen MR) is 87.3 cm³/mol. The maximum absolute atomic E-state index is 12.1. The predicted octanol–water partition coefficient (Wildman–Crippen LogP) is 3.62. The zero-order chi connectivity index (χ0) is 14.8. The van der Waals surface area contributed by atoms with Gasteiger partial charge in [0, 0.05) is 13.2 Å². The summed E-state index contributed by atoms with van der Waals surface area (Å²) in [5.74, 6) is 0.731. The maximum atomic E-state index is 12.1. The molecule has 2 atom stereocenters. The van der Waals surface area contributed by atoms with Crippen molar-refractivity contribution in [1.29, 1.82) is 0 Å². The molecule has 2 rings (SSSR count). The summed E-state index contributed by atoms with van der Waals surface area (Å²) in [4.78, 5) is 13.8. The Hall–Kier alpha value is -0.0400. The number of alkyl halides is 1. The molecule has 0 spiro atoms. The Labute approximate surface area is 135 Å². The number of carbonyl (C=O) groups excluding carboxylic acids is 1. The van der Waals surface area contributed by atoms with Gasteiger partial charge in [0.2, 0.25) is 0 Å². The summed E-state index contributed by atoms with van der Waals surface area (Å²) < 4.78 is 11.8. The standard InChI is InChI=1S/C15H26INO3/c1-15(2,3)20-14(18)17-8-12(16)13(9-17)19-10-11-6-4-5-7-11/h11-13H,4-10H2,1-3H3. The van der Waals surface area contributed by atoms with Crippen molar-refractivity contribution in [2.45, 2.75) is 62.1 Å². The van der Waals surface area contributed by atoms with Crippen LogP contribution in [0.4, 0.5) is 4.79 Å². The van der Waals surface area contributed by atoms with Crippen molar-refractivity contribution in [3.63, 3.8) is 0 Å². The van der Waals surface area contributed by atoms with Gasteiger partial charge in [0.05, 0.1) is 16.6 Å². The van der Waals surface area contributed by atoms with E-state index in [2.05, 4.69) is 22.6 Å². The molecule has 20 heavy (non-hydrogen) atoms. The van der Waals surface area contributed by atoms with Crippen molar-refractivity contribution in [3.8, 4) is 0 Å². The van der Waals surface area contributed by atoms with Crippen LogP contribution in [0.15, 0.2) is 0 Å². The van der Waals surface area contributed by atoms with Crippen molar-refractivity contribution < 1.29 is 14.3 Å². The molecule has 0 bridgehead atoms. The average molecular weight is 395 g/mol. The van der Waals surface area contributed by atoms with Crippen LogP contribution in [0.3, 0.4) is 0 Å². The summed E-state index contributed by atoms with van der Waals surface area (Å²) in [5.41, 5.74) is -0.430. The van der Waals surface area contributed by atoms with Gasteiger partial charge in [0.15, 0.2) is 0 Å². The van der Waals surface area contributed by atoms with Crippen LogP contribution in [0.5, 0.6) is 0 Å². The zero-order valence-corrected chi connectivity index (χ0v) is 14.9. The van der Waals surface area contributed by atoms with E-state index in [1.807, 2.05) is 20.8 Å². The smallest absolute Gasteiger partial charge is 0.410 e. The van der Waals surface area contributed by atoms with E-state index < -0.39 is 5.60 Å². The molecule has 4 nitrogen and oxygen atoms in total. The number of likely N-dealkylation sites (tertiary alicyclic amines) is 1. The summed E-state index contributed by atoms with van der Waals surface area (Å²) in [6, 6.07) is 0. The first kappa shape index (κ1) is 16.3. The monoisotopic (exact) mass is 395 g/mol. The molecule has 0 aromatic heterocycles. The van der Waals surface area contributed by atoms with Gasteiger partial charge in [-0.15, -0.1) is 0 Å². The van der Waals surface area contributed by atoms with Crippen LogP contribution in [0.1, 0.15) is 46.5 Å². The molecule has 2 aliphatic rings. The normalized spacial score (nSPS) is 28.1. The minimum Gasteiger partial charge on any atom is -0.444 e. The Bertz CT molecular complexity index is 337. The molecule has 0 aromatic rings. The van der Waals surface area contributed by atoms with Gasteiger partial charge in [0.1, 0.15) is 5.60 Å². The Morgan fingerprint density at radius 2 is 1.90 bits per heavy atom. The number of halogens is 1. The van der Waals surface area contributed by atoms with E-state index >= 15 is 0 Å². The Morgan fingerprint density at radius 3 is 2.50 bits per heavy atom. The van der Waals surface area contributed by atoms with E-state index in [9.17, 15) is 4.79 Å². The first-order valence-corrected chi connectivity index (χ1v) is 8.83. The molecule has 2 unspecified atom stereocenters. The molecule has 1 amide bonds. The summed E-state index contributed by atoms with van der Waals surface area (Å²) in [6.45, 7) is 7.94. The highest BCUT2D eigenvalue weighted by molar-refractivity contribution is 14.1. The van der Waals surface area contributed by atoms with E-state index in [0.29, 0.717) is 10.5 Å². The third kappa shape index (κ3) is 4.76. The van der Waals surface area contributed by atoms with Crippen LogP contribution in [-0.2, 0) is 9.47 Å². The lowest BCUT2D eigenvalue weighted by atomic mass is 10.1. The lowest BCUT2D eigenvalue weighted by Gasteiger charge is -2.24. The zero-order valence-electron chi connectivity index (χ0n) is 12.7. The molecule has 1 saturated heterocycles. The molecule has 5 heteroatoms. The number of carbonyl (C=O) groups is 1. The molecule has 1 heterocycles. The third-order valence-corrected chi connectivity index (χ3v) is 5.07. The Kier molecular flexibility index (Phi) is 5.56. The van der Waals surface area contributed by atoms with Gasteiger partial charge in [0.25, 0.3) is 0 Å². The highest BCUT2D eigenvalue weighted by Crippen LogP contribution is 2.28. The number of hydrogen-bond acceptors (Lipinski definition) is 3. The van der Waals surface area contributed by atoms with Crippen molar-refractivity contribution in [2.24, 2.45) is 5.92 Å². The minimum absolute atomic E-state index is 0.156. The number of nitrogens with zero attached hydrogens (tertiary/aromatic N) is 1. The average Bonchev–Trinajstić information content (AvgIpc) is 2.93. The summed E-state index contributed by atoms with van der Waals surface area (Å²) in [7, 11) is 0. The third-order valence-electron chi connectivity index (χ3n) is 3.87. The molecule has 0 N–H and O–H groups in total. The second kappa shape index (κ2) is 6.81. The molecule has 1 saturated carbocycles. The second-order valence-corrected chi connectivity index (χ2v) is 8.52. The number of rotatable bonds is 3. The van der Waals surface area contributed by atoms with Crippen LogP contribution >= 0.6 is 22.6 Å². The van der Waals surface area contributed by atoms with Crippen LogP contribution in [-0.4, -0.2) is 46.3 Å². The van der Waals surface area contributed by atoms with Crippen molar-refractivity contribution >= 4 is 28.7 Å². The van der Waals surface area contributed by atoms with Gasteiger partial charge in [-0.3, -0.25) is 0 Å². The molecule has 1 aliphatic heterocycles. The van der Waals surface area contributed by atoms with E-state index in [1.165, 1.54) is 25.7 Å². The lowest BCUT2D eigenvalue weighted by molar-refractivity contribution is 0.0165. The van der Waals surface area contributed by atoms with Crippen LogP contribution in [0.25, 0.3) is 0 Å². The minimum atomic E-state index is -0.430. The topological polar surface area (TPSA) is 38.8 Å². The lowest BCUT2D eigenvalue weighted by Crippen LogP contribution is -2.36. The summed E-state index contributed by atoms with van der Waals surface area (Å²) >= 11 is 2.39.